The Hall–Kier alpha value is -0.940. The first-order valence-corrected chi connectivity index (χ1v) is 5.99. The van der Waals surface area contributed by atoms with Crippen LogP contribution >= 0.6 is 0 Å². The van der Waals surface area contributed by atoms with E-state index in [1.165, 1.54) is 12.1 Å². The van der Waals surface area contributed by atoms with Crippen LogP contribution in [0.15, 0.2) is 23.1 Å². The maximum atomic E-state index is 13.3. The van der Waals surface area contributed by atoms with Crippen molar-refractivity contribution in [3.63, 3.8) is 0 Å². The number of hydrogen-bond donors (Lipinski definition) is 0. The van der Waals surface area contributed by atoms with Crippen molar-refractivity contribution < 1.29 is 17.5 Å². The number of epoxide rings is 1. The van der Waals surface area contributed by atoms with Crippen LogP contribution in [0.2, 0.25) is 0 Å². The number of benzene rings is 1. The van der Waals surface area contributed by atoms with Crippen molar-refractivity contribution in [2.45, 2.75) is 11.0 Å². The molecule has 0 aliphatic carbocycles. The van der Waals surface area contributed by atoms with Gasteiger partial charge in [-0.2, -0.15) is 0 Å². The van der Waals surface area contributed by atoms with Crippen LogP contribution in [0.4, 0.5) is 4.39 Å². The van der Waals surface area contributed by atoms with Crippen LogP contribution < -0.4 is 0 Å². The predicted molar refractivity (Wildman–Crippen MR) is 48.2 cm³/mol. The van der Waals surface area contributed by atoms with E-state index in [0.717, 1.165) is 6.26 Å². The average molecular weight is 216 g/mol. The quantitative estimate of drug-likeness (QED) is 0.700. The van der Waals surface area contributed by atoms with Gasteiger partial charge >= 0.3 is 0 Å². The Morgan fingerprint density at radius 2 is 2.14 bits per heavy atom. The highest BCUT2D eigenvalue weighted by Gasteiger charge is 2.26. The molecule has 1 saturated heterocycles. The van der Waals surface area contributed by atoms with Gasteiger partial charge in [0, 0.05) is 6.26 Å². The largest absolute Gasteiger partial charge is 0.368 e. The van der Waals surface area contributed by atoms with Crippen LogP contribution in [-0.2, 0) is 14.6 Å². The van der Waals surface area contributed by atoms with Crippen molar-refractivity contribution in [3.05, 3.63) is 29.6 Å². The second-order valence-electron chi connectivity index (χ2n) is 3.28. The standard InChI is InChI=1S/C9H9FO3S/c1-14(11,12)9-3-2-6(4-7(9)10)8-5-13-8/h2-4,8H,5H2,1H3/t8-/m1/s1. The Labute approximate surface area is 81.4 Å². The summed E-state index contributed by atoms with van der Waals surface area (Å²) < 4.78 is 40.4. The van der Waals surface area contributed by atoms with Gasteiger partial charge in [0.25, 0.3) is 0 Å². The summed E-state index contributed by atoms with van der Waals surface area (Å²) in [4.78, 5) is -0.262. The van der Waals surface area contributed by atoms with Gasteiger partial charge in [0.1, 0.15) is 16.8 Å². The smallest absolute Gasteiger partial charge is 0.178 e. The lowest BCUT2D eigenvalue weighted by atomic mass is 10.2. The molecule has 1 aliphatic heterocycles. The van der Waals surface area contributed by atoms with Gasteiger partial charge in [-0.1, -0.05) is 6.07 Å². The predicted octanol–water partition coefficient (Wildman–Crippen LogP) is 1.30. The summed E-state index contributed by atoms with van der Waals surface area (Å²) in [6.07, 6.45) is 0.928. The van der Waals surface area contributed by atoms with Crippen molar-refractivity contribution in [1.82, 2.24) is 0 Å². The van der Waals surface area contributed by atoms with Crippen molar-refractivity contribution >= 4 is 9.84 Å². The molecule has 0 unspecified atom stereocenters. The topological polar surface area (TPSA) is 46.7 Å². The van der Waals surface area contributed by atoms with E-state index >= 15 is 0 Å². The highest BCUT2D eigenvalue weighted by molar-refractivity contribution is 7.90. The van der Waals surface area contributed by atoms with Gasteiger partial charge in [0.05, 0.1) is 6.61 Å². The zero-order chi connectivity index (χ0) is 10.3. The van der Waals surface area contributed by atoms with Crippen LogP contribution in [-0.4, -0.2) is 21.3 Å². The van der Waals surface area contributed by atoms with E-state index in [1.54, 1.807) is 6.07 Å². The number of rotatable bonds is 2. The zero-order valence-corrected chi connectivity index (χ0v) is 8.34. The molecule has 0 N–H and O–H groups in total. The molecule has 1 fully saturated rings. The molecular weight excluding hydrogens is 207 g/mol. The maximum absolute atomic E-state index is 13.3. The van der Waals surface area contributed by atoms with Crippen molar-refractivity contribution in [2.24, 2.45) is 0 Å². The minimum absolute atomic E-state index is 0.0573. The molecule has 0 bridgehead atoms. The second-order valence-corrected chi connectivity index (χ2v) is 5.27. The molecule has 1 aliphatic rings. The molecule has 0 aromatic heterocycles. The fourth-order valence-corrected chi connectivity index (χ4v) is 1.99. The van der Waals surface area contributed by atoms with Crippen LogP contribution in [0.1, 0.15) is 11.7 Å². The molecule has 5 heteroatoms. The number of hydrogen-bond acceptors (Lipinski definition) is 3. The Bertz CT molecular complexity index is 463. The van der Waals surface area contributed by atoms with Crippen LogP contribution in [0.5, 0.6) is 0 Å². The molecule has 2 rings (SSSR count). The van der Waals surface area contributed by atoms with E-state index in [0.29, 0.717) is 12.2 Å². The van der Waals surface area contributed by atoms with Gasteiger partial charge in [-0.15, -0.1) is 0 Å². The fraction of sp³-hybridized carbons (Fsp3) is 0.333. The third-order valence-electron chi connectivity index (χ3n) is 2.06. The lowest BCUT2D eigenvalue weighted by Gasteiger charge is -2.01. The second kappa shape index (κ2) is 3.03. The molecule has 0 radical (unpaired) electrons. The molecule has 1 aromatic carbocycles. The molecule has 1 aromatic rings. The summed E-state index contributed by atoms with van der Waals surface area (Å²) in [6, 6.07) is 4.08. The van der Waals surface area contributed by atoms with Crippen molar-refractivity contribution in [1.29, 1.82) is 0 Å². The summed E-state index contributed by atoms with van der Waals surface area (Å²) in [7, 11) is -3.47. The lowest BCUT2D eigenvalue weighted by Crippen LogP contribution is -2.01. The van der Waals surface area contributed by atoms with Gasteiger partial charge in [0.2, 0.25) is 0 Å². The van der Waals surface area contributed by atoms with E-state index in [2.05, 4.69) is 0 Å². The highest BCUT2D eigenvalue weighted by Crippen LogP contribution is 2.31. The minimum Gasteiger partial charge on any atom is -0.368 e. The van der Waals surface area contributed by atoms with Gasteiger partial charge in [-0.25, -0.2) is 12.8 Å². The molecule has 0 saturated carbocycles. The van der Waals surface area contributed by atoms with Crippen LogP contribution in [0, 0.1) is 5.82 Å². The summed E-state index contributed by atoms with van der Waals surface area (Å²) in [5, 5.41) is 0. The molecule has 14 heavy (non-hydrogen) atoms. The summed E-state index contributed by atoms with van der Waals surface area (Å²) in [6.45, 7) is 0.581. The van der Waals surface area contributed by atoms with E-state index in [4.69, 9.17) is 4.74 Å². The number of halogens is 1. The summed E-state index contributed by atoms with van der Waals surface area (Å²) in [5.74, 6) is -0.708. The minimum atomic E-state index is -3.47. The number of sulfone groups is 1. The van der Waals surface area contributed by atoms with E-state index < -0.39 is 15.7 Å². The number of ether oxygens (including phenoxy) is 1. The molecule has 1 atom stereocenters. The Kier molecular flexibility index (Phi) is 2.08. The molecular formula is C9H9FO3S. The molecule has 0 spiro atoms. The zero-order valence-electron chi connectivity index (χ0n) is 7.53. The molecule has 76 valence electrons. The summed E-state index contributed by atoms with van der Waals surface area (Å²) in [5.41, 5.74) is 0.690. The molecule has 0 amide bonds. The Balaban J connectivity index is 2.46. The van der Waals surface area contributed by atoms with E-state index in [9.17, 15) is 12.8 Å². The Morgan fingerprint density at radius 3 is 2.57 bits per heavy atom. The van der Waals surface area contributed by atoms with Crippen molar-refractivity contribution in [2.75, 3.05) is 12.9 Å². The third kappa shape index (κ3) is 1.78. The first kappa shape index (κ1) is 9.61. The highest BCUT2D eigenvalue weighted by atomic mass is 32.2. The van der Waals surface area contributed by atoms with Crippen LogP contribution in [0.3, 0.4) is 0 Å². The maximum Gasteiger partial charge on any atom is 0.178 e. The first-order valence-electron chi connectivity index (χ1n) is 4.09. The Morgan fingerprint density at radius 1 is 1.50 bits per heavy atom. The SMILES string of the molecule is CS(=O)(=O)c1ccc([C@H]2CO2)cc1F. The van der Waals surface area contributed by atoms with E-state index in [1.807, 2.05) is 0 Å². The monoisotopic (exact) mass is 216 g/mol. The normalized spacial score (nSPS) is 20.9. The third-order valence-corrected chi connectivity index (χ3v) is 3.19. The molecule has 3 nitrogen and oxygen atoms in total. The lowest BCUT2D eigenvalue weighted by molar-refractivity contribution is 0.414. The summed E-state index contributed by atoms with van der Waals surface area (Å²) >= 11 is 0. The van der Waals surface area contributed by atoms with Crippen LogP contribution in [0.25, 0.3) is 0 Å². The van der Waals surface area contributed by atoms with Gasteiger partial charge in [-0.3, -0.25) is 0 Å². The van der Waals surface area contributed by atoms with Gasteiger partial charge < -0.3 is 4.74 Å². The fourth-order valence-electron chi connectivity index (χ4n) is 1.26. The van der Waals surface area contributed by atoms with E-state index in [-0.39, 0.29) is 11.0 Å². The average Bonchev–Trinajstić information content (AvgIpc) is 2.83. The van der Waals surface area contributed by atoms with Crippen molar-refractivity contribution in [3.8, 4) is 0 Å². The van der Waals surface area contributed by atoms with Gasteiger partial charge in [0.15, 0.2) is 9.84 Å². The van der Waals surface area contributed by atoms with Gasteiger partial charge in [-0.05, 0) is 17.7 Å². The first-order chi connectivity index (χ1) is 6.48. The molecule has 1 heterocycles.